The highest BCUT2D eigenvalue weighted by Gasteiger charge is 2.10. The van der Waals surface area contributed by atoms with Crippen molar-refractivity contribution in [3.63, 3.8) is 0 Å². The van der Waals surface area contributed by atoms with Crippen molar-refractivity contribution in [3.8, 4) is 0 Å². The summed E-state index contributed by atoms with van der Waals surface area (Å²) in [6.07, 6.45) is 2.43. The van der Waals surface area contributed by atoms with Gasteiger partial charge in [-0.3, -0.25) is 4.90 Å². The van der Waals surface area contributed by atoms with Crippen LogP contribution >= 0.6 is 0 Å². The van der Waals surface area contributed by atoms with Gasteiger partial charge in [-0.15, -0.1) is 0 Å². The van der Waals surface area contributed by atoms with Gasteiger partial charge in [0.25, 0.3) is 0 Å². The predicted octanol–water partition coefficient (Wildman–Crippen LogP) is 0.532. The van der Waals surface area contributed by atoms with Crippen molar-refractivity contribution >= 4 is 0 Å². The number of hydrogen-bond acceptors (Lipinski definition) is 6. The first-order chi connectivity index (χ1) is 12.0. The molecule has 0 aromatic carbocycles. The van der Waals surface area contributed by atoms with Crippen LogP contribution in [0.3, 0.4) is 0 Å². The zero-order valence-electron chi connectivity index (χ0n) is 17.4. The Morgan fingerprint density at radius 1 is 0.760 bits per heavy atom. The van der Waals surface area contributed by atoms with Crippen LogP contribution in [-0.2, 0) is 0 Å². The van der Waals surface area contributed by atoms with E-state index in [-0.39, 0.29) is 0 Å². The van der Waals surface area contributed by atoms with Crippen LogP contribution in [0.25, 0.3) is 0 Å². The van der Waals surface area contributed by atoms with Crippen molar-refractivity contribution in [1.82, 2.24) is 20.4 Å². The summed E-state index contributed by atoms with van der Waals surface area (Å²) in [4.78, 5) is 5.07. The summed E-state index contributed by atoms with van der Waals surface area (Å²) in [7, 11) is 0. The second-order valence-corrected chi connectivity index (χ2v) is 7.46. The third-order valence-corrected chi connectivity index (χ3v) is 4.66. The summed E-state index contributed by atoms with van der Waals surface area (Å²) in [6, 6.07) is 0.593. The van der Waals surface area contributed by atoms with E-state index in [2.05, 4.69) is 48.1 Å². The summed E-state index contributed by atoms with van der Waals surface area (Å²) in [5.41, 5.74) is 11.4. The van der Waals surface area contributed by atoms with Crippen LogP contribution in [0.1, 0.15) is 40.5 Å². The molecule has 6 nitrogen and oxygen atoms in total. The Bertz CT molecular complexity index is 275. The lowest BCUT2D eigenvalue weighted by Gasteiger charge is -2.28. The largest absolute Gasteiger partial charge is 0.329 e. The maximum absolute atomic E-state index is 5.81. The molecule has 0 amide bonds. The van der Waals surface area contributed by atoms with Crippen molar-refractivity contribution in [2.75, 3.05) is 72.0 Å². The van der Waals surface area contributed by atoms with Gasteiger partial charge < -0.3 is 27.0 Å². The van der Waals surface area contributed by atoms with Gasteiger partial charge in [0.1, 0.15) is 0 Å². The van der Waals surface area contributed by atoms with Crippen molar-refractivity contribution < 1.29 is 0 Å². The number of nitrogens with zero attached hydrogens (tertiary/aromatic N) is 2. The lowest BCUT2D eigenvalue weighted by Crippen LogP contribution is -2.43. The molecule has 0 bridgehead atoms. The highest BCUT2D eigenvalue weighted by atomic mass is 15.2. The first-order valence-electron chi connectivity index (χ1n) is 10.3. The molecule has 0 saturated carbocycles. The monoisotopic (exact) mass is 358 g/mol. The minimum absolute atomic E-state index is 0.593. The number of rotatable bonds is 18. The van der Waals surface area contributed by atoms with Gasteiger partial charge in [0.15, 0.2) is 0 Å². The molecular weight excluding hydrogens is 312 g/mol. The molecule has 0 aliphatic carbocycles. The van der Waals surface area contributed by atoms with Gasteiger partial charge in [-0.2, -0.15) is 0 Å². The first kappa shape index (κ1) is 24.8. The van der Waals surface area contributed by atoms with E-state index < -0.39 is 0 Å². The minimum atomic E-state index is 0.593. The Balaban J connectivity index is 4.24. The van der Waals surface area contributed by atoms with Gasteiger partial charge in [-0.25, -0.2) is 0 Å². The Hall–Kier alpha value is -0.240. The van der Waals surface area contributed by atoms with Crippen molar-refractivity contribution in [1.29, 1.82) is 0 Å². The first-order valence-corrected chi connectivity index (χ1v) is 10.3. The fourth-order valence-electron chi connectivity index (χ4n) is 2.65. The maximum atomic E-state index is 5.81. The minimum Gasteiger partial charge on any atom is -0.329 e. The Kier molecular flexibility index (Phi) is 17.0. The fraction of sp³-hybridized carbons (Fsp3) is 1.00. The van der Waals surface area contributed by atoms with Crippen LogP contribution in [0, 0.1) is 5.92 Å². The van der Waals surface area contributed by atoms with E-state index in [0.29, 0.717) is 12.6 Å². The quantitative estimate of drug-likeness (QED) is 0.268. The van der Waals surface area contributed by atoms with Gasteiger partial charge >= 0.3 is 0 Å². The van der Waals surface area contributed by atoms with Crippen LogP contribution in [0.15, 0.2) is 0 Å². The van der Waals surface area contributed by atoms with Crippen molar-refractivity contribution in [3.05, 3.63) is 0 Å². The molecule has 0 radical (unpaired) electrons. The van der Waals surface area contributed by atoms with Crippen LogP contribution in [0.2, 0.25) is 0 Å². The smallest absolute Gasteiger partial charge is 0.0110 e. The number of nitrogens with two attached hydrogens (primary N) is 2. The molecule has 152 valence electrons. The highest BCUT2D eigenvalue weighted by Crippen LogP contribution is 2.02. The fourth-order valence-corrected chi connectivity index (χ4v) is 2.65. The van der Waals surface area contributed by atoms with Gasteiger partial charge in [0.05, 0.1) is 0 Å². The topological polar surface area (TPSA) is 82.6 Å². The Morgan fingerprint density at radius 2 is 1.40 bits per heavy atom. The maximum Gasteiger partial charge on any atom is 0.0110 e. The molecule has 1 unspecified atom stereocenters. The summed E-state index contributed by atoms with van der Waals surface area (Å²) in [5.74, 6) is 0.749. The summed E-state index contributed by atoms with van der Waals surface area (Å²) in [6.45, 7) is 20.0. The van der Waals surface area contributed by atoms with Gasteiger partial charge in [0.2, 0.25) is 0 Å². The van der Waals surface area contributed by atoms with Crippen LogP contribution < -0.4 is 22.1 Å². The average molecular weight is 359 g/mol. The van der Waals surface area contributed by atoms with Crippen LogP contribution in [-0.4, -0.2) is 87.8 Å². The molecule has 0 rings (SSSR count). The van der Waals surface area contributed by atoms with Crippen molar-refractivity contribution in [2.45, 2.75) is 46.6 Å². The third kappa shape index (κ3) is 15.7. The molecule has 6 N–H and O–H groups in total. The Morgan fingerprint density at radius 3 is 1.96 bits per heavy atom. The molecule has 6 heteroatoms. The van der Waals surface area contributed by atoms with E-state index in [4.69, 9.17) is 11.5 Å². The molecule has 25 heavy (non-hydrogen) atoms. The second kappa shape index (κ2) is 17.2. The molecule has 0 aromatic heterocycles. The standard InChI is InChI=1S/C19H46N6/c1-5-19(4)23-11-15-25(13-8-21)17-16-24(12-6-18(2)3)14-10-22-9-7-20/h18-19,22-23H,5-17,20-21H2,1-4H3. The zero-order valence-corrected chi connectivity index (χ0v) is 17.4. The van der Waals surface area contributed by atoms with E-state index in [1.165, 1.54) is 19.4 Å². The third-order valence-electron chi connectivity index (χ3n) is 4.66. The lowest BCUT2D eigenvalue weighted by atomic mass is 10.1. The van der Waals surface area contributed by atoms with E-state index in [1.54, 1.807) is 0 Å². The molecule has 1 atom stereocenters. The molecule has 0 saturated heterocycles. The molecule has 0 heterocycles. The SMILES string of the molecule is CCC(C)NCCN(CCN)CCN(CCNCCN)CCC(C)C. The van der Waals surface area contributed by atoms with E-state index in [1.807, 2.05) is 0 Å². The molecular formula is C19H46N6. The molecule has 0 aromatic rings. The lowest BCUT2D eigenvalue weighted by molar-refractivity contribution is 0.198. The van der Waals surface area contributed by atoms with Crippen LogP contribution in [0.5, 0.6) is 0 Å². The Labute approximate surface area is 157 Å². The van der Waals surface area contributed by atoms with Crippen molar-refractivity contribution in [2.24, 2.45) is 17.4 Å². The molecule has 0 aliphatic rings. The summed E-state index contributed by atoms with van der Waals surface area (Å²) >= 11 is 0. The second-order valence-electron chi connectivity index (χ2n) is 7.46. The number of hydrogen-bond donors (Lipinski definition) is 4. The van der Waals surface area contributed by atoms with Gasteiger partial charge in [-0.1, -0.05) is 20.8 Å². The van der Waals surface area contributed by atoms with E-state index in [9.17, 15) is 0 Å². The predicted molar refractivity (Wildman–Crippen MR) is 111 cm³/mol. The average Bonchev–Trinajstić information content (AvgIpc) is 2.59. The molecule has 0 spiro atoms. The normalized spacial score (nSPS) is 13.3. The molecule has 0 aliphatic heterocycles. The van der Waals surface area contributed by atoms with E-state index >= 15 is 0 Å². The number of nitrogens with one attached hydrogen (secondary N) is 2. The van der Waals surface area contributed by atoms with Gasteiger partial charge in [0, 0.05) is 71.5 Å². The van der Waals surface area contributed by atoms with E-state index in [0.717, 1.165) is 64.8 Å². The molecule has 0 fully saturated rings. The summed E-state index contributed by atoms with van der Waals surface area (Å²) < 4.78 is 0. The highest BCUT2D eigenvalue weighted by molar-refractivity contribution is 4.68. The van der Waals surface area contributed by atoms with Crippen LogP contribution in [0.4, 0.5) is 0 Å². The van der Waals surface area contributed by atoms with Gasteiger partial charge in [-0.05, 0) is 32.2 Å². The summed E-state index contributed by atoms with van der Waals surface area (Å²) in [5, 5.41) is 6.99. The zero-order chi connectivity index (χ0) is 18.9.